The van der Waals surface area contributed by atoms with Gasteiger partial charge in [-0.05, 0) is 19.3 Å². The fourth-order valence-electron chi connectivity index (χ4n) is 2.20. The number of hydroxylamine groups is 2. The summed E-state index contributed by atoms with van der Waals surface area (Å²) in [6, 6.07) is -0.104. The maximum atomic E-state index is 11.5. The third-order valence-corrected chi connectivity index (χ3v) is 2.85. The molecule has 4 nitrogen and oxygen atoms in total. The molecule has 1 N–H and O–H groups in total. The number of hydrogen-bond donors (Lipinski definition) is 1. The second-order valence-electron chi connectivity index (χ2n) is 3.49. The summed E-state index contributed by atoms with van der Waals surface area (Å²) in [5.74, 6) is 0.0315. The van der Waals surface area contributed by atoms with Crippen LogP contribution in [0.25, 0.3) is 0 Å². The van der Waals surface area contributed by atoms with Crippen LogP contribution in [0.4, 0.5) is 0 Å². The van der Waals surface area contributed by atoms with Gasteiger partial charge in [-0.25, -0.2) is 5.06 Å². The number of carbonyl (C=O) groups excluding carboxylic acids is 1. The van der Waals surface area contributed by atoms with E-state index in [1.54, 1.807) is 0 Å². The van der Waals surface area contributed by atoms with Gasteiger partial charge in [0.2, 0.25) is 5.91 Å². The quantitative estimate of drug-likeness (QED) is 0.600. The van der Waals surface area contributed by atoms with Gasteiger partial charge in [0.05, 0.1) is 19.3 Å². The highest BCUT2D eigenvalue weighted by molar-refractivity contribution is 5.80. The Morgan fingerprint density at radius 3 is 2.83 bits per heavy atom. The Balaban J connectivity index is 2.20. The smallest absolute Gasteiger partial charge is 0.249 e. The molecule has 2 aliphatic heterocycles. The van der Waals surface area contributed by atoms with Crippen LogP contribution in [0.3, 0.4) is 0 Å². The van der Waals surface area contributed by atoms with E-state index in [1.165, 1.54) is 12.2 Å². The SMILES string of the molecule is CON1C(=O)[C@H]2CC[C@@H]1[C@H](O)C2. The predicted molar refractivity (Wildman–Crippen MR) is 41.0 cm³/mol. The first-order valence-corrected chi connectivity index (χ1v) is 4.29. The highest BCUT2D eigenvalue weighted by Crippen LogP contribution is 2.35. The van der Waals surface area contributed by atoms with Crippen molar-refractivity contribution in [2.75, 3.05) is 7.11 Å². The molecule has 3 aliphatic rings. The predicted octanol–water partition coefficient (Wildman–Crippen LogP) is -0.0804. The fourth-order valence-corrected chi connectivity index (χ4v) is 2.20. The van der Waals surface area contributed by atoms with Crippen LogP contribution in [-0.4, -0.2) is 35.3 Å². The van der Waals surface area contributed by atoms with Gasteiger partial charge in [0.1, 0.15) is 0 Å². The van der Waals surface area contributed by atoms with E-state index in [1.807, 2.05) is 0 Å². The molecule has 0 radical (unpaired) electrons. The molecule has 0 unspecified atom stereocenters. The Morgan fingerprint density at radius 1 is 1.58 bits per heavy atom. The third-order valence-electron chi connectivity index (χ3n) is 2.85. The van der Waals surface area contributed by atoms with E-state index in [-0.39, 0.29) is 24.0 Å². The van der Waals surface area contributed by atoms with Crippen LogP contribution in [0.2, 0.25) is 0 Å². The molecule has 2 bridgehead atoms. The van der Waals surface area contributed by atoms with E-state index in [0.29, 0.717) is 6.42 Å². The topological polar surface area (TPSA) is 49.8 Å². The first kappa shape index (κ1) is 8.01. The van der Waals surface area contributed by atoms with Crippen LogP contribution in [0.15, 0.2) is 0 Å². The van der Waals surface area contributed by atoms with E-state index < -0.39 is 0 Å². The molecule has 1 saturated carbocycles. The van der Waals surface area contributed by atoms with Crippen LogP contribution in [-0.2, 0) is 9.63 Å². The summed E-state index contributed by atoms with van der Waals surface area (Å²) in [5, 5.41) is 10.9. The van der Waals surface area contributed by atoms with Crippen molar-refractivity contribution in [3.63, 3.8) is 0 Å². The van der Waals surface area contributed by atoms with Crippen molar-refractivity contribution in [2.24, 2.45) is 5.92 Å². The van der Waals surface area contributed by atoms with E-state index in [2.05, 4.69) is 0 Å². The number of aliphatic hydroxyl groups excluding tert-OH is 1. The zero-order chi connectivity index (χ0) is 8.72. The molecule has 0 aromatic rings. The number of fused-ring (bicyclic) bond motifs is 3. The van der Waals surface area contributed by atoms with E-state index >= 15 is 0 Å². The Morgan fingerprint density at radius 2 is 2.33 bits per heavy atom. The first-order valence-electron chi connectivity index (χ1n) is 4.29. The maximum absolute atomic E-state index is 11.5. The van der Waals surface area contributed by atoms with Crippen molar-refractivity contribution in [1.29, 1.82) is 0 Å². The molecule has 3 fully saturated rings. The second kappa shape index (κ2) is 2.71. The molecule has 4 heteroatoms. The Labute approximate surface area is 71.1 Å². The Bertz CT molecular complexity index is 206. The number of nitrogens with zero attached hydrogens (tertiary/aromatic N) is 1. The first-order chi connectivity index (χ1) is 5.74. The van der Waals surface area contributed by atoms with Crippen molar-refractivity contribution in [1.82, 2.24) is 5.06 Å². The lowest BCUT2D eigenvalue weighted by Gasteiger charge is -2.45. The molecule has 12 heavy (non-hydrogen) atoms. The average molecular weight is 171 g/mol. The van der Waals surface area contributed by atoms with Gasteiger partial charge < -0.3 is 5.11 Å². The number of carbonyl (C=O) groups is 1. The largest absolute Gasteiger partial charge is 0.391 e. The van der Waals surface area contributed by atoms with Crippen LogP contribution in [0.1, 0.15) is 19.3 Å². The van der Waals surface area contributed by atoms with Gasteiger partial charge in [0, 0.05) is 5.92 Å². The molecule has 68 valence electrons. The summed E-state index contributed by atoms with van der Waals surface area (Å²) in [5.41, 5.74) is 0. The molecule has 0 spiro atoms. The fraction of sp³-hybridized carbons (Fsp3) is 0.875. The van der Waals surface area contributed by atoms with Crippen molar-refractivity contribution < 1.29 is 14.7 Å². The van der Waals surface area contributed by atoms with E-state index in [9.17, 15) is 9.90 Å². The lowest BCUT2D eigenvalue weighted by atomic mass is 9.78. The van der Waals surface area contributed by atoms with Crippen LogP contribution < -0.4 is 0 Å². The monoisotopic (exact) mass is 171 g/mol. The maximum Gasteiger partial charge on any atom is 0.249 e. The molecule has 1 aliphatic carbocycles. The number of amides is 1. The summed E-state index contributed by atoms with van der Waals surface area (Å²) in [4.78, 5) is 16.4. The standard InChI is InChI=1S/C8H13NO3/c1-12-9-6-3-2-5(8(9)11)4-7(6)10/h5-7,10H,2-4H2,1H3/t5-,6+,7+/m0/s1. The average Bonchev–Trinajstić information content (AvgIpc) is 2.07. The van der Waals surface area contributed by atoms with Gasteiger partial charge in [-0.15, -0.1) is 0 Å². The highest BCUT2D eigenvalue weighted by atomic mass is 16.7. The van der Waals surface area contributed by atoms with Gasteiger partial charge in [-0.3, -0.25) is 9.63 Å². The zero-order valence-corrected chi connectivity index (χ0v) is 7.06. The van der Waals surface area contributed by atoms with Gasteiger partial charge in [-0.1, -0.05) is 0 Å². The van der Waals surface area contributed by atoms with Crippen molar-refractivity contribution in [2.45, 2.75) is 31.4 Å². The molecular weight excluding hydrogens is 158 g/mol. The van der Waals surface area contributed by atoms with E-state index in [0.717, 1.165) is 12.8 Å². The number of rotatable bonds is 1. The second-order valence-corrected chi connectivity index (χ2v) is 3.49. The van der Waals surface area contributed by atoms with Crippen molar-refractivity contribution >= 4 is 5.91 Å². The molecule has 0 aromatic heterocycles. The molecule has 2 heterocycles. The molecule has 1 amide bonds. The minimum Gasteiger partial charge on any atom is -0.391 e. The van der Waals surface area contributed by atoms with Crippen LogP contribution in [0, 0.1) is 5.92 Å². The normalized spacial score (nSPS) is 40.7. The van der Waals surface area contributed by atoms with Gasteiger partial charge in [0.25, 0.3) is 0 Å². The summed E-state index contributed by atoms with van der Waals surface area (Å²) >= 11 is 0. The lowest BCUT2D eigenvalue weighted by molar-refractivity contribution is -0.228. The minimum atomic E-state index is -0.388. The van der Waals surface area contributed by atoms with E-state index in [4.69, 9.17) is 4.84 Å². The summed E-state index contributed by atoms with van der Waals surface area (Å²) < 4.78 is 0. The number of aliphatic hydroxyl groups is 1. The van der Waals surface area contributed by atoms with Crippen LogP contribution >= 0.6 is 0 Å². The summed E-state index contributed by atoms with van der Waals surface area (Å²) in [6.07, 6.45) is 2.00. The highest BCUT2D eigenvalue weighted by Gasteiger charge is 2.46. The Hall–Kier alpha value is -0.610. The number of piperidine rings is 2. The van der Waals surface area contributed by atoms with Crippen molar-refractivity contribution in [3.8, 4) is 0 Å². The van der Waals surface area contributed by atoms with Crippen molar-refractivity contribution in [3.05, 3.63) is 0 Å². The number of hydrogen-bond acceptors (Lipinski definition) is 3. The third kappa shape index (κ3) is 0.949. The van der Waals surface area contributed by atoms with Gasteiger partial charge >= 0.3 is 0 Å². The molecule has 3 rings (SSSR count). The lowest BCUT2D eigenvalue weighted by Crippen LogP contribution is -2.58. The zero-order valence-electron chi connectivity index (χ0n) is 7.06. The molecular formula is C8H13NO3. The summed E-state index contributed by atoms with van der Waals surface area (Å²) in [6.45, 7) is 0. The summed E-state index contributed by atoms with van der Waals surface area (Å²) in [7, 11) is 1.48. The van der Waals surface area contributed by atoms with Crippen LogP contribution in [0.5, 0.6) is 0 Å². The minimum absolute atomic E-state index is 0.00931. The molecule has 2 saturated heterocycles. The van der Waals surface area contributed by atoms with Gasteiger partial charge in [-0.2, -0.15) is 0 Å². The molecule has 0 aromatic carbocycles. The Kier molecular flexibility index (Phi) is 1.81. The molecule has 3 atom stereocenters. The van der Waals surface area contributed by atoms with Gasteiger partial charge in [0.15, 0.2) is 0 Å².